The number of rotatable bonds is 4. The highest BCUT2D eigenvalue weighted by atomic mass is 16.1. The first kappa shape index (κ1) is 16.9. The van der Waals surface area contributed by atoms with Crippen molar-refractivity contribution in [1.29, 1.82) is 5.26 Å². The Morgan fingerprint density at radius 3 is 2.64 bits per heavy atom. The highest BCUT2D eigenvalue weighted by molar-refractivity contribution is 5.81. The lowest BCUT2D eigenvalue weighted by Crippen LogP contribution is -2.40. The van der Waals surface area contributed by atoms with E-state index < -0.39 is 6.04 Å². The van der Waals surface area contributed by atoms with Crippen molar-refractivity contribution < 1.29 is 4.79 Å². The van der Waals surface area contributed by atoms with Crippen LogP contribution in [-0.4, -0.2) is 42.0 Å². The Balaban J connectivity index is 1.79. The van der Waals surface area contributed by atoms with Crippen molar-refractivity contribution in [2.24, 2.45) is 5.73 Å². The molecule has 0 bridgehead atoms. The van der Waals surface area contributed by atoms with E-state index in [1.807, 2.05) is 30.3 Å². The minimum atomic E-state index is -0.430. The van der Waals surface area contributed by atoms with Crippen LogP contribution in [-0.2, 0) is 4.79 Å². The van der Waals surface area contributed by atoms with Crippen LogP contribution in [0.25, 0.3) is 0 Å². The monoisotopic (exact) mass is 335 g/mol. The number of aromatic nitrogens is 1. The Labute approximate surface area is 147 Å². The maximum absolute atomic E-state index is 12.1. The maximum Gasteiger partial charge on any atom is 0.239 e. The average Bonchev–Trinajstić information content (AvgIpc) is 2.88. The van der Waals surface area contributed by atoms with Crippen molar-refractivity contribution in [3.8, 4) is 6.07 Å². The van der Waals surface area contributed by atoms with Gasteiger partial charge in [0.2, 0.25) is 5.91 Å². The van der Waals surface area contributed by atoms with Crippen molar-refractivity contribution in [3.63, 3.8) is 0 Å². The zero-order valence-electron chi connectivity index (χ0n) is 14.0. The lowest BCUT2D eigenvalue weighted by Gasteiger charge is -2.29. The Morgan fingerprint density at radius 1 is 1.12 bits per heavy atom. The minimum absolute atomic E-state index is 0.338. The predicted molar refractivity (Wildman–Crippen MR) is 95.7 cm³/mol. The highest BCUT2D eigenvalue weighted by Crippen LogP contribution is 2.24. The van der Waals surface area contributed by atoms with E-state index in [4.69, 9.17) is 5.73 Å². The number of nitriles is 1. The number of nitrogens with zero attached hydrogens (tertiary/aromatic N) is 4. The first-order chi connectivity index (χ1) is 12.2. The number of hydrogen-bond donors (Lipinski definition) is 1. The zero-order chi connectivity index (χ0) is 17.6. The summed E-state index contributed by atoms with van der Waals surface area (Å²) in [4.78, 5) is 20.7. The standard InChI is InChI=1S/C19H21N5O/c20-14-16-8-4-9-22-19(16)24-11-5-10-23(12-13-24)17(18(21)25)15-6-2-1-3-7-15/h1-4,6-9,17H,5,10-13H2,(H2,21,25). The summed E-state index contributed by atoms with van der Waals surface area (Å²) in [5.41, 5.74) is 7.18. The zero-order valence-corrected chi connectivity index (χ0v) is 14.0. The molecule has 2 aromatic rings. The second kappa shape index (κ2) is 7.77. The second-order valence-corrected chi connectivity index (χ2v) is 6.08. The van der Waals surface area contributed by atoms with E-state index in [0.29, 0.717) is 24.5 Å². The van der Waals surface area contributed by atoms with Crippen molar-refractivity contribution in [2.45, 2.75) is 12.5 Å². The van der Waals surface area contributed by atoms with Crippen LogP contribution in [0.5, 0.6) is 0 Å². The van der Waals surface area contributed by atoms with Crippen LogP contribution in [0.2, 0.25) is 0 Å². The molecule has 1 aromatic carbocycles. The summed E-state index contributed by atoms with van der Waals surface area (Å²) in [6, 6.07) is 15.0. The van der Waals surface area contributed by atoms with E-state index in [1.54, 1.807) is 18.3 Å². The first-order valence-electron chi connectivity index (χ1n) is 8.39. The molecule has 0 spiro atoms. The van der Waals surface area contributed by atoms with Gasteiger partial charge in [0.05, 0.1) is 5.56 Å². The maximum atomic E-state index is 12.1. The van der Waals surface area contributed by atoms with Gasteiger partial charge in [-0.05, 0) is 24.1 Å². The number of amides is 1. The Bertz CT molecular complexity index is 771. The number of carbonyl (C=O) groups excluding carboxylic acids is 1. The van der Waals surface area contributed by atoms with Crippen molar-refractivity contribution in [3.05, 3.63) is 59.8 Å². The molecule has 1 fully saturated rings. The Kier molecular flexibility index (Phi) is 5.26. The minimum Gasteiger partial charge on any atom is -0.368 e. The summed E-state index contributed by atoms with van der Waals surface area (Å²) in [6.45, 7) is 2.95. The molecule has 1 aliphatic rings. The number of carbonyl (C=O) groups is 1. The molecule has 0 radical (unpaired) electrons. The van der Waals surface area contributed by atoms with Gasteiger partial charge in [-0.2, -0.15) is 5.26 Å². The van der Waals surface area contributed by atoms with Crippen LogP contribution in [0.1, 0.15) is 23.6 Å². The summed E-state index contributed by atoms with van der Waals surface area (Å²) in [5, 5.41) is 9.29. The summed E-state index contributed by atoms with van der Waals surface area (Å²) < 4.78 is 0. The summed E-state index contributed by atoms with van der Waals surface area (Å²) in [5.74, 6) is 0.373. The smallest absolute Gasteiger partial charge is 0.239 e. The topological polar surface area (TPSA) is 86.2 Å². The van der Waals surface area contributed by atoms with Gasteiger partial charge in [0.15, 0.2) is 0 Å². The van der Waals surface area contributed by atoms with Gasteiger partial charge in [-0.25, -0.2) is 4.98 Å². The molecule has 2 N–H and O–H groups in total. The lowest BCUT2D eigenvalue weighted by molar-refractivity contribution is -0.123. The molecular weight excluding hydrogens is 314 g/mol. The largest absolute Gasteiger partial charge is 0.368 e. The molecule has 2 heterocycles. The van der Waals surface area contributed by atoms with E-state index in [-0.39, 0.29) is 5.91 Å². The molecule has 1 saturated heterocycles. The summed E-state index contributed by atoms with van der Waals surface area (Å²) in [6.07, 6.45) is 2.58. The molecule has 6 nitrogen and oxygen atoms in total. The van der Waals surface area contributed by atoms with Gasteiger partial charge in [-0.1, -0.05) is 30.3 Å². The van der Waals surface area contributed by atoms with Crippen LogP contribution in [0.15, 0.2) is 48.7 Å². The van der Waals surface area contributed by atoms with Gasteiger partial charge >= 0.3 is 0 Å². The van der Waals surface area contributed by atoms with Crippen LogP contribution < -0.4 is 10.6 Å². The second-order valence-electron chi connectivity index (χ2n) is 6.08. The number of benzene rings is 1. The fourth-order valence-electron chi connectivity index (χ4n) is 3.33. The van der Waals surface area contributed by atoms with Crippen molar-refractivity contribution in [1.82, 2.24) is 9.88 Å². The number of anilines is 1. The lowest BCUT2D eigenvalue weighted by atomic mass is 10.0. The number of pyridine rings is 1. The highest BCUT2D eigenvalue weighted by Gasteiger charge is 2.28. The Hall–Kier alpha value is -2.91. The molecule has 3 rings (SSSR count). The number of hydrogen-bond acceptors (Lipinski definition) is 5. The van der Waals surface area contributed by atoms with E-state index >= 15 is 0 Å². The van der Waals surface area contributed by atoms with Gasteiger partial charge < -0.3 is 10.6 Å². The average molecular weight is 335 g/mol. The number of nitrogens with two attached hydrogens (primary N) is 1. The molecule has 1 atom stereocenters. The third-order valence-corrected chi connectivity index (χ3v) is 4.49. The molecular formula is C19H21N5O. The van der Waals surface area contributed by atoms with E-state index in [1.165, 1.54) is 0 Å². The molecule has 1 aromatic heterocycles. The quantitative estimate of drug-likeness (QED) is 0.919. The van der Waals surface area contributed by atoms with Crippen LogP contribution in [0.3, 0.4) is 0 Å². The van der Waals surface area contributed by atoms with Gasteiger partial charge in [-0.15, -0.1) is 0 Å². The van der Waals surface area contributed by atoms with Crippen molar-refractivity contribution in [2.75, 3.05) is 31.1 Å². The first-order valence-corrected chi connectivity index (χ1v) is 8.39. The van der Waals surface area contributed by atoms with Crippen molar-refractivity contribution >= 4 is 11.7 Å². The van der Waals surface area contributed by atoms with Crippen LogP contribution in [0, 0.1) is 11.3 Å². The van der Waals surface area contributed by atoms with Gasteiger partial charge in [0.1, 0.15) is 17.9 Å². The molecule has 128 valence electrons. The molecule has 1 aliphatic heterocycles. The normalized spacial score (nSPS) is 16.7. The predicted octanol–water partition coefficient (Wildman–Crippen LogP) is 1.69. The molecule has 6 heteroatoms. The Morgan fingerprint density at radius 2 is 1.92 bits per heavy atom. The SMILES string of the molecule is N#Cc1cccnc1N1CCCN(C(C(N)=O)c2ccccc2)CC1. The van der Waals surface area contributed by atoms with Gasteiger partial charge in [0.25, 0.3) is 0 Å². The molecule has 0 aliphatic carbocycles. The molecule has 1 unspecified atom stereocenters. The molecule has 25 heavy (non-hydrogen) atoms. The van der Waals surface area contributed by atoms with Crippen LogP contribution in [0.4, 0.5) is 5.82 Å². The third-order valence-electron chi connectivity index (χ3n) is 4.49. The number of primary amides is 1. The summed E-state index contributed by atoms with van der Waals surface area (Å²) >= 11 is 0. The van der Waals surface area contributed by atoms with Gasteiger partial charge in [-0.3, -0.25) is 9.69 Å². The van der Waals surface area contributed by atoms with Crippen LogP contribution >= 0.6 is 0 Å². The van der Waals surface area contributed by atoms with E-state index in [9.17, 15) is 10.1 Å². The summed E-state index contributed by atoms with van der Waals surface area (Å²) in [7, 11) is 0. The van der Waals surface area contributed by atoms with E-state index in [0.717, 1.165) is 25.1 Å². The fraction of sp³-hybridized carbons (Fsp3) is 0.316. The van der Waals surface area contributed by atoms with E-state index in [2.05, 4.69) is 20.9 Å². The molecule has 1 amide bonds. The molecule has 0 saturated carbocycles. The van der Waals surface area contributed by atoms with Gasteiger partial charge in [0, 0.05) is 32.4 Å². The fourth-order valence-corrected chi connectivity index (χ4v) is 3.33. The third kappa shape index (κ3) is 3.78.